The summed E-state index contributed by atoms with van der Waals surface area (Å²) < 4.78 is 10.8. The van der Waals surface area contributed by atoms with Crippen LogP contribution in [0.3, 0.4) is 0 Å². The quantitative estimate of drug-likeness (QED) is 0.749. The summed E-state index contributed by atoms with van der Waals surface area (Å²) in [5.41, 5.74) is 8.38. The van der Waals surface area contributed by atoms with Crippen molar-refractivity contribution in [2.24, 2.45) is 5.73 Å². The second kappa shape index (κ2) is 7.70. The van der Waals surface area contributed by atoms with Crippen molar-refractivity contribution in [2.75, 3.05) is 19.1 Å². The molecular weight excluding hydrogens is 390 g/mol. The average molecular weight is 408 g/mol. The summed E-state index contributed by atoms with van der Waals surface area (Å²) in [5, 5.41) is 11.0. The molecule has 136 valence electrons. The Hall–Kier alpha value is -2.01. The van der Waals surface area contributed by atoms with Crippen LogP contribution in [-0.4, -0.2) is 19.3 Å². The SMILES string of the molecule is COc1cc(OC)c(N(C(N)=S)c2sc3c(c2C#N)CCCC3)cc1Cl. The first-order chi connectivity index (χ1) is 12.5. The number of aryl methyl sites for hydroxylation is 1. The maximum absolute atomic E-state index is 9.77. The number of hydrogen-bond donors (Lipinski definition) is 1. The molecule has 0 saturated carbocycles. The second-order valence-electron chi connectivity index (χ2n) is 5.84. The van der Waals surface area contributed by atoms with Gasteiger partial charge in [0.25, 0.3) is 0 Å². The van der Waals surface area contributed by atoms with Crippen LogP contribution < -0.4 is 20.1 Å². The number of rotatable bonds is 4. The third-order valence-corrected chi connectivity index (χ3v) is 6.14. The van der Waals surface area contributed by atoms with Crippen LogP contribution in [0.4, 0.5) is 10.7 Å². The molecule has 2 aromatic rings. The highest BCUT2D eigenvalue weighted by Gasteiger charge is 2.28. The molecule has 0 spiro atoms. The van der Waals surface area contributed by atoms with Crippen LogP contribution in [0.2, 0.25) is 5.02 Å². The number of benzene rings is 1. The number of methoxy groups -OCH3 is 2. The lowest BCUT2D eigenvalue weighted by Crippen LogP contribution is -2.31. The minimum absolute atomic E-state index is 0.125. The number of fused-ring (bicyclic) bond motifs is 1. The lowest BCUT2D eigenvalue weighted by atomic mass is 9.96. The zero-order chi connectivity index (χ0) is 18.8. The fraction of sp³-hybridized carbons (Fsp3) is 0.333. The van der Waals surface area contributed by atoms with E-state index < -0.39 is 0 Å². The van der Waals surface area contributed by atoms with Gasteiger partial charge < -0.3 is 15.2 Å². The Morgan fingerprint density at radius 3 is 2.58 bits per heavy atom. The Balaban J connectivity index is 2.22. The highest BCUT2D eigenvalue weighted by atomic mass is 35.5. The molecule has 1 heterocycles. The standard InChI is InChI=1S/C18H18ClN3O2S2/c1-23-14-8-15(24-2)13(7-12(14)19)22(18(21)25)17-11(9-20)10-5-3-4-6-16(10)26-17/h7-8H,3-6H2,1-2H3,(H2,21,25). The summed E-state index contributed by atoms with van der Waals surface area (Å²) in [6, 6.07) is 5.71. The van der Waals surface area contributed by atoms with E-state index in [-0.39, 0.29) is 5.11 Å². The largest absolute Gasteiger partial charge is 0.495 e. The number of nitrogens with two attached hydrogens (primary N) is 1. The summed E-state index contributed by atoms with van der Waals surface area (Å²) in [4.78, 5) is 2.89. The third kappa shape index (κ3) is 3.20. The van der Waals surface area contributed by atoms with Gasteiger partial charge in [0.15, 0.2) is 5.11 Å². The molecule has 26 heavy (non-hydrogen) atoms. The van der Waals surface area contributed by atoms with Crippen LogP contribution in [0.15, 0.2) is 12.1 Å². The van der Waals surface area contributed by atoms with Gasteiger partial charge in [-0.3, -0.25) is 4.90 Å². The van der Waals surface area contributed by atoms with Crippen molar-refractivity contribution in [3.8, 4) is 17.6 Å². The zero-order valence-electron chi connectivity index (χ0n) is 14.5. The van der Waals surface area contributed by atoms with Crippen molar-refractivity contribution in [3.63, 3.8) is 0 Å². The van der Waals surface area contributed by atoms with Crippen LogP contribution in [0.5, 0.6) is 11.5 Å². The van der Waals surface area contributed by atoms with Crippen LogP contribution in [0.25, 0.3) is 0 Å². The molecule has 0 atom stereocenters. The van der Waals surface area contributed by atoms with E-state index in [9.17, 15) is 5.26 Å². The smallest absolute Gasteiger partial charge is 0.176 e. The summed E-state index contributed by atoms with van der Waals surface area (Å²) >= 11 is 13.2. The molecule has 1 aliphatic rings. The molecule has 1 aromatic carbocycles. The zero-order valence-corrected chi connectivity index (χ0v) is 16.9. The molecule has 5 nitrogen and oxygen atoms in total. The first kappa shape index (κ1) is 18.8. The van der Waals surface area contributed by atoms with Gasteiger partial charge in [-0.2, -0.15) is 5.26 Å². The number of hydrogen-bond acceptors (Lipinski definition) is 5. The lowest BCUT2D eigenvalue weighted by molar-refractivity contribution is 0.395. The molecule has 0 unspecified atom stereocenters. The lowest BCUT2D eigenvalue weighted by Gasteiger charge is -2.24. The van der Waals surface area contributed by atoms with Gasteiger partial charge in [0.2, 0.25) is 0 Å². The monoisotopic (exact) mass is 407 g/mol. The first-order valence-corrected chi connectivity index (χ1v) is 9.67. The fourth-order valence-electron chi connectivity index (χ4n) is 3.17. The van der Waals surface area contributed by atoms with E-state index >= 15 is 0 Å². The summed E-state index contributed by atoms with van der Waals surface area (Å²) in [6.45, 7) is 0. The number of anilines is 2. The van der Waals surface area contributed by atoms with E-state index in [0.717, 1.165) is 31.2 Å². The topological polar surface area (TPSA) is 71.5 Å². The molecule has 0 aliphatic heterocycles. The molecular formula is C18H18ClN3O2S2. The van der Waals surface area contributed by atoms with Crippen LogP contribution in [-0.2, 0) is 12.8 Å². The van der Waals surface area contributed by atoms with Crippen LogP contribution in [0.1, 0.15) is 28.8 Å². The molecule has 1 aliphatic carbocycles. The molecule has 2 N–H and O–H groups in total. The maximum atomic E-state index is 9.77. The van der Waals surface area contributed by atoms with E-state index in [0.29, 0.717) is 32.8 Å². The Morgan fingerprint density at radius 2 is 1.96 bits per heavy atom. The summed E-state index contributed by atoms with van der Waals surface area (Å²) in [7, 11) is 3.08. The van der Waals surface area contributed by atoms with Gasteiger partial charge in [-0.25, -0.2) is 0 Å². The fourth-order valence-corrected chi connectivity index (χ4v) is 5.02. The van der Waals surface area contributed by atoms with Gasteiger partial charge in [0, 0.05) is 10.9 Å². The second-order valence-corrected chi connectivity index (χ2v) is 7.74. The number of nitrogens with zero attached hydrogens (tertiary/aromatic N) is 2. The van der Waals surface area contributed by atoms with E-state index in [1.807, 2.05) is 0 Å². The van der Waals surface area contributed by atoms with Crippen LogP contribution in [0, 0.1) is 11.3 Å². The Morgan fingerprint density at radius 1 is 1.27 bits per heavy atom. The van der Waals surface area contributed by atoms with Gasteiger partial charge in [-0.1, -0.05) is 11.6 Å². The van der Waals surface area contributed by atoms with E-state index in [1.54, 1.807) is 35.5 Å². The predicted molar refractivity (Wildman–Crippen MR) is 109 cm³/mol. The summed E-state index contributed by atoms with van der Waals surface area (Å²) in [6.07, 6.45) is 4.09. The van der Waals surface area contributed by atoms with Gasteiger partial charge in [-0.05, 0) is 49.5 Å². The van der Waals surface area contributed by atoms with E-state index in [4.69, 9.17) is 39.0 Å². The predicted octanol–water partition coefficient (Wildman–Crippen LogP) is 4.55. The normalized spacial score (nSPS) is 12.8. The van der Waals surface area contributed by atoms with Crippen molar-refractivity contribution in [1.82, 2.24) is 0 Å². The minimum Gasteiger partial charge on any atom is -0.495 e. The van der Waals surface area contributed by atoms with Crippen molar-refractivity contribution in [1.29, 1.82) is 5.26 Å². The van der Waals surface area contributed by atoms with Gasteiger partial charge in [0.1, 0.15) is 22.6 Å². The molecule has 0 saturated heterocycles. The Bertz CT molecular complexity index is 905. The number of nitriles is 1. The average Bonchev–Trinajstić information content (AvgIpc) is 2.99. The van der Waals surface area contributed by atoms with Crippen molar-refractivity contribution >= 4 is 51.0 Å². The highest BCUT2D eigenvalue weighted by molar-refractivity contribution is 7.80. The van der Waals surface area contributed by atoms with E-state index in [2.05, 4.69) is 6.07 Å². The molecule has 0 bridgehead atoms. The summed E-state index contributed by atoms with van der Waals surface area (Å²) in [5.74, 6) is 0.996. The number of thiophene rings is 1. The third-order valence-electron chi connectivity index (χ3n) is 4.38. The van der Waals surface area contributed by atoms with Gasteiger partial charge in [-0.15, -0.1) is 11.3 Å². The van der Waals surface area contributed by atoms with Crippen LogP contribution >= 0.6 is 35.2 Å². The minimum atomic E-state index is 0.125. The molecule has 0 amide bonds. The first-order valence-electron chi connectivity index (χ1n) is 8.07. The Labute approximate surface area is 166 Å². The Kier molecular flexibility index (Phi) is 5.56. The van der Waals surface area contributed by atoms with Crippen molar-refractivity contribution in [2.45, 2.75) is 25.7 Å². The number of thiocarbonyl (C=S) groups is 1. The number of ether oxygens (including phenoxy) is 2. The molecule has 8 heteroatoms. The van der Waals surface area contributed by atoms with Gasteiger partial charge >= 0.3 is 0 Å². The van der Waals surface area contributed by atoms with E-state index in [1.165, 1.54) is 12.0 Å². The van der Waals surface area contributed by atoms with Gasteiger partial charge in [0.05, 0.1) is 30.5 Å². The molecule has 1 aromatic heterocycles. The highest BCUT2D eigenvalue weighted by Crippen LogP contribution is 2.46. The van der Waals surface area contributed by atoms with Crippen molar-refractivity contribution in [3.05, 3.63) is 33.2 Å². The maximum Gasteiger partial charge on any atom is 0.176 e. The molecule has 0 fully saturated rings. The molecule has 0 radical (unpaired) electrons. The van der Waals surface area contributed by atoms with Crippen molar-refractivity contribution < 1.29 is 9.47 Å². The number of halogens is 1. The molecule has 3 rings (SSSR count).